The smallest absolute Gasteiger partial charge is 0.433 e. The molecule has 2 rings (SSSR count). The van der Waals surface area contributed by atoms with E-state index in [-0.39, 0.29) is 16.5 Å². The van der Waals surface area contributed by atoms with E-state index in [2.05, 4.69) is 15.3 Å². The van der Waals surface area contributed by atoms with E-state index in [4.69, 9.17) is 16.0 Å². The van der Waals surface area contributed by atoms with E-state index in [9.17, 15) is 18.0 Å². The molecule has 1 unspecified atom stereocenters. The van der Waals surface area contributed by atoms with Crippen molar-refractivity contribution in [3.8, 4) is 0 Å². The normalized spacial score (nSPS) is 13.0. The highest BCUT2D eigenvalue weighted by Gasteiger charge is 2.33. The van der Waals surface area contributed by atoms with Crippen molar-refractivity contribution in [3.05, 3.63) is 45.9 Å². The van der Waals surface area contributed by atoms with Crippen molar-refractivity contribution in [3.63, 3.8) is 0 Å². The number of hydrogen-bond donors (Lipinski definition) is 1. The second-order valence-corrected chi connectivity index (χ2v) is 5.27. The van der Waals surface area contributed by atoms with E-state index in [1.165, 1.54) is 6.07 Å². The van der Waals surface area contributed by atoms with Crippen LogP contribution in [0.3, 0.4) is 0 Å². The molecule has 1 atom stereocenters. The van der Waals surface area contributed by atoms with E-state index in [1.54, 1.807) is 20.8 Å². The Kier molecular flexibility index (Phi) is 4.65. The number of rotatable bonds is 3. The van der Waals surface area contributed by atoms with Crippen LogP contribution in [0.5, 0.6) is 0 Å². The van der Waals surface area contributed by atoms with Gasteiger partial charge in [0.2, 0.25) is 5.76 Å². The summed E-state index contributed by atoms with van der Waals surface area (Å²) in [4.78, 5) is 19.4. The first-order chi connectivity index (χ1) is 10.6. The lowest BCUT2D eigenvalue weighted by Gasteiger charge is -2.16. The Morgan fingerprint density at radius 2 is 1.96 bits per heavy atom. The first-order valence-corrected chi connectivity index (χ1v) is 6.96. The van der Waals surface area contributed by atoms with Gasteiger partial charge < -0.3 is 9.73 Å². The third-order valence-corrected chi connectivity index (χ3v) is 3.39. The van der Waals surface area contributed by atoms with E-state index in [1.807, 2.05) is 0 Å². The van der Waals surface area contributed by atoms with Crippen molar-refractivity contribution < 1.29 is 22.4 Å². The minimum atomic E-state index is -4.58. The topological polar surface area (TPSA) is 68.0 Å². The highest BCUT2D eigenvalue weighted by molar-refractivity contribution is 6.30. The maximum atomic E-state index is 12.6. The summed E-state index contributed by atoms with van der Waals surface area (Å²) in [6.07, 6.45) is -4.58. The maximum absolute atomic E-state index is 12.6. The number of oxazole rings is 1. The van der Waals surface area contributed by atoms with Crippen molar-refractivity contribution in [1.29, 1.82) is 0 Å². The largest absolute Gasteiger partial charge is 0.436 e. The lowest BCUT2D eigenvalue weighted by molar-refractivity contribution is -0.141. The van der Waals surface area contributed by atoms with Crippen LogP contribution < -0.4 is 5.32 Å². The van der Waals surface area contributed by atoms with E-state index in [0.717, 1.165) is 6.07 Å². The molecule has 0 radical (unpaired) electrons. The molecule has 23 heavy (non-hydrogen) atoms. The Hall–Kier alpha value is -2.09. The van der Waals surface area contributed by atoms with Crippen LogP contribution in [0, 0.1) is 13.8 Å². The lowest BCUT2D eigenvalue weighted by atomic mass is 10.1. The Morgan fingerprint density at radius 1 is 1.30 bits per heavy atom. The number of nitrogens with one attached hydrogen (secondary N) is 1. The molecule has 0 aliphatic rings. The van der Waals surface area contributed by atoms with Crippen molar-refractivity contribution in [1.82, 2.24) is 15.3 Å². The average Bonchev–Trinajstić information content (AvgIpc) is 2.76. The number of alkyl halides is 3. The van der Waals surface area contributed by atoms with Crippen molar-refractivity contribution >= 4 is 17.5 Å². The quantitative estimate of drug-likeness (QED) is 0.856. The van der Waals surface area contributed by atoms with Crippen LogP contribution in [-0.4, -0.2) is 15.9 Å². The molecule has 0 aliphatic carbocycles. The Bertz CT molecular complexity index is 743. The van der Waals surface area contributed by atoms with Crippen molar-refractivity contribution in [2.24, 2.45) is 0 Å². The van der Waals surface area contributed by atoms with Gasteiger partial charge in [-0.25, -0.2) is 9.97 Å². The fourth-order valence-corrected chi connectivity index (χ4v) is 2.33. The number of halogens is 4. The predicted octanol–water partition coefficient (Wildman–Crippen LogP) is 3.85. The molecule has 1 amide bonds. The molecule has 2 aromatic rings. The highest BCUT2D eigenvalue weighted by Crippen LogP contribution is 2.31. The zero-order valence-electron chi connectivity index (χ0n) is 12.5. The third kappa shape index (κ3) is 3.82. The van der Waals surface area contributed by atoms with Crippen LogP contribution in [-0.2, 0) is 6.18 Å². The molecule has 0 aliphatic heterocycles. The van der Waals surface area contributed by atoms with E-state index >= 15 is 0 Å². The molecule has 0 saturated heterocycles. The third-order valence-electron chi connectivity index (χ3n) is 3.09. The highest BCUT2D eigenvalue weighted by atomic mass is 35.5. The van der Waals surface area contributed by atoms with Gasteiger partial charge in [0, 0.05) is 12.5 Å². The summed E-state index contributed by atoms with van der Waals surface area (Å²) < 4.78 is 42.9. The van der Waals surface area contributed by atoms with Gasteiger partial charge >= 0.3 is 6.18 Å². The number of carbonyl (C=O) groups excluding carboxylic acids is 1. The molecule has 0 saturated carbocycles. The second-order valence-electron chi connectivity index (χ2n) is 4.92. The van der Waals surface area contributed by atoms with Crippen LogP contribution in [0.4, 0.5) is 13.2 Å². The van der Waals surface area contributed by atoms with Gasteiger partial charge in [-0.1, -0.05) is 17.7 Å². The van der Waals surface area contributed by atoms with Crippen LogP contribution in [0.25, 0.3) is 0 Å². The van der Waals surface area contributed by atoms with Crippen LogP contribution in [0.15, 0.2) is 16.5 Å². The molecule has 9 heteroatoms. The first-order valence-electron chi connectivity index (χ1n) is 6.58. The number of pyridine rings is 1. The van der Waals surface area contributed by atoms with Gasteiger partial charge in [0.1, 0.15) is 10.8 Å². The van der Waals surface area contributed by atoms with Gasteiger partial charge in [-0.15, -0.1) is 0 Å². The molecule has 2 heterocycles. The second kappa shape index (κ2) is 6.19. The van der Waals surface area contributed by atoms with E-state index < -0.39 is 23.8 Å². The predicted molar refractivity (Wildman–Crippen MR) is 76.1 cm³/mol. The molecule has 2 aromatic heterocycles. The zero-order valence-corrected chi connectivity index (χ0v) is 13.2. The van der Waals surface area contributed by atoms with Gasteiger partial charge in [-0.3, -0.25) is 4.79 Å². The first kappa shape index (κ1) is 17.3. The van der Waals surface area contributed by atoms with Gasteiger partial charge in [0.15, 0.2) is 5.89 Å². The summed E-state index contributed by atoms with van der Waals surface area (Å²) >= 11 is 5.80. The summed E-state index contributed by atoms with van der Waals surface area (Å²) in [6, 6.07) is 1.34. The summed E-state index contributed by atoms with van der Waals surface area (Å²) in [5.41, 5.74) is -0.405. The minimum absolute atomic E-state index is 0.0466. The molecule has 0 bridgehead atoms. The number of hydrogen-bond acceptors (Lipinski definition) is 4. The zero-order chi connectivity index (χ0) is 17.4. The van der Waals surface area contributed by atoms with Crippen molar-refractivity contribution in [2.45, 2.75) is 33.0 Å². The standard InChI is InChI=1S/C14H13ClF3N3O2/c1-6(20-13(22)11-7(2)19-8(3)23-11)9-4-5-10(14(16,17)18)21-12(9)15/h4-6H,1-3H3,(H,20,22). The van der Waals surface area contributed by atoms with Crippen LogP contribution in [0.1, 0.15) is 46.4 Å². The van der Waals surface area contributed by atoms with Gasteiger partial charge in [-0.05, 0) is 19.9 Å². The summed E-state index contributed by atoms with van der Waals surface area (Å²) in [5, 5.41) is 2.27. The summed E-state index contributed by atoms with van der Waals surface area (Å²) in [7, 11) is 0. The average molecular weight is 348 g/mol. The number of carbonyl (C=O) groups is 1. The fourth-order valence-electron chi connectivity index (χ4n) is 2.01. The Labute approximate surface area is 134 Å². The van der Waals surface area contributed by atoms with Crippen LogP contribution in [0.2, 0.25) is 5.15 Å². The Morgan fingerprint density at radius 3 is 2.43 bits per heavy atom. The minimum Gasteiger partial charge on any atom is -0.436 e. The fraction of sp³-hybridized carbons (Fsp3) is 0.357. The molecule has 0 aromatic carbocycles. The lowest BCUT2D eigenvalue weighted by Crippen LogP contribution is -2.27. The van der Waals surface area contributed by atoms with Gasteiger partial charge in [0.25, 0.3) is 5.91 Å². The molecular weight excluding hydrogens is 335 g/mol. The van der Waals surface area contributed by atoms with Gasteiger partial charge in [-0.2, -0.15) is 13.2 Å². The number of nitrogens with zero attached hydrogens (tertiary/aromatic N) is 2. The molecule has 5 nitrogen and oxygen atoms in total. The van der Waals surface area contributed by atoms with Crippen molar-refractivity contribution in [2.75, 3.05) is 0 Å². The van der Waals surface area contributed by atoms with Gasteiger partial charge in [0.05, 0.1) is 11.7 Å². The molecular formula is C14H13ClF3N3O2. The number of amides is 1. The van der Waals surface area contributed by atoms with E-state index in [0.29, 0.717) is 11.6 Å². The summed E-state index contributed by atoms with van der Waals surface area (Å²) in [5.74, 6) is -0.147. The maximum Gasteiger partial charge on any atom is 0.433 e. The number of aryl methyl sites for hydroxylation is 2. The van der Waals surface area contributed by atoms with Crippen LogP contribution >= 0.6 is 11.6 Å². The molecule has 0 fully saturated rings. The molecule has 124 valence electrons. The monoisotopic (exact) mass is 347 g/mol. The number of aromatic nitrogens is 2. The Balaban J connectivity index is 2.19. The molecule has 0 spiro atoms. The SMILES string of the molecule is Cc1nc(C)c(C(=O)NC(C)c2ccc(C(F)(F)F)nc2Cl)o1. The summed E-state index contributed by atoms with van der Waals surface area (Å²) in [6.45, 7) is 4.79. The molecule has 1 N–H and O–H groups in total.